The van der Waals surface area contributed by atoms with Crippen molar-refractivity contribution in [2.75, 3.05) is 6.61 Å². The van der Waals surface area contributed by atoms with Gasteiger partial charge in [0.05, 0.1) is 12.2 Å². The van der Waals surface area contributed by atoms with Crippen molar-refractivity contribution in [3.8, 4) is 5.75 Å². The first-order valence-electron chi connectivity index (χ1n) is 6.44. The average molecular weight is 268 g/mol. The highest BCUT2D eigenvalue weighted by atomic mass is 16.5. The second-order valence-corrected chi connectivity index (χ2v) is 4.28. The quantitative estimate of drug-likeness (QED) is 0.647. The third-order valence-corrected chi connectivity index (χ3v) is 2.91. The third-order valence-electron chi connectivity index (χ3n) is 2.91. The summed E-state index contributed by atoms with van der Waals surface area (Å²) in [7, 11) is 0. The zero-order valence-corrected chi connectivity index (χ0v) is 11.3. The van der Waals surface area contributed by atoms with Gasteiger partial charge < -0.3 is 10.1 Å². The lowest BCUT2D eigenvalue weighted by Crippen LogP contribution is -2.09. The number of nitrogens with zero attached hydrogens (tertiary/aromatic N) is 1. The van der Waals surface area contributed by atoms with Crippen molar-refractivity contribution in [2.24, 2.45) is 0 Å². The lowest BCUT2D eigenvalue weighted by Gasteiger charge is -2.11. The first kappa shape index (κ1) is 13.9. The average Bonchev–Trinajstić information content (AvgIpc) is 2.48. The Hall–Kier alpha value is -2.49. The molecule has 4 heteroatoms. The van der Waals surface area contributed by atoms with Crippen LogP contribution in [0.25, 0.3) is 0 Å². The number of carbonyl (C=O) groups excluding carboxylic acids is 1. The molecule has 0 bridgehead atoms. The molecule has 0 amide bonds. The minimum absolute atomic E-state index is 0.377. The summed E-state index contributed by atoms with van der Waals surface area (Å²) in [5.41, 5.74) is 2.36. The Kier molecular flexibility index (Phi) is 4.60. The molecule has 102 valence electrons. The highest BCUT2D eigenvalue weighted by molar-refractivity contribution is 6.06. The van der Waals surface area contributed by atoms with Crippen molar-refractivity contribution >= 4 is 12.0 Å². The third kappa shape index (κ3) is 3.09. The number of carbonyl (C=O) groups is 1. The summed E-state index contributed by atoms with van der Waals surface area (Å²) in [6, 6.07) is 9.05. The van der Waals surface area contributed by atoms with Crippen molar-refractivity contribution in [1.82, 2.24) is 4.98 Å². The maximum Gasteiger partial charge on any atom is 0.154 e. The van der Waals surface area contributed by atoms with E-state index < -0.39 is 0 Å². The van der Waals surface area contributed by atoms with Gasteiger partial charge in [-0.1, -0.05) is 18.2 Å². The van der Waals surface area contributed by atoms with Crippen LogP contribution in [0.15, 0.2) is 42.7 Å². The molecule has 2 rings (SSSR count). The summed E-state index contributed by atoms with van der Waals surface area (Å²) < 4.78 is 5.43. The van der Waals surface area contributed by atoms with Crippen LogP contribution in [0, 0.1) is 5.41 Å². The number of pyridine rings is 1. The van der Waals surface area contributed by atoms with Gasteiger partial charge in [-0.2, -0.15) is 0 Å². The zero-order chi connectivity index (χ0) is 14.4. The van der Waals surface area contributed by atoms with E-state index in [0.29, 0.717) is 35.6 Å². The van der Waals surface area contributed by atoms with Crippen LogP contribution in [0.2, 0.25) is 0 Å². The molecule has 1 aromatic carbocycles. The predicted molar refractivity (Wildman–Crippen MR) is 77.8 cm³/mol. The van der Waals surface area contributed by atoms with Crippen LogP contribution >= 0.6 is 0 Å². The van der Waals surface area contributed by atoms with E-state index in [0.717, 1.165) is 11.8 Å². The lowest BCUT2D eigenvalue weighted by molar-refractivity contribution is 0.111. The fourth-order valence-electron chi connectivity index (χ4n) is 2.01. The van der Waals surface area contributed by atoms with Crippen molar-refractivity contribution < 1.29 is 9.53 Å². The molecule has 1 aromatic heterocycles. The normalized spacial score (nSPS) is 10.1. The van der Waals surface area contributed by atoms with Crippen LogP contribution in [-0.2, 0) is 6.42 Å². The minimum atomic E-state index is 0.377. The maximum absolute atomic E-state index is 11.3. The molecular weight excluding hydrogens is 252 g/mol. The summed E-state index contributed by atoms with van der Waals surface area (Å²) in [6.45, 7) is 2.35. The van der Waals surface area contributed by atoms with Crippen molar-refractivity contribution in [1.29, 1.82) is 5.41 Å². The van der Waals surface area contributed by atoms with E-state index in [4.69, 9.17) is 10.1 Å². The van der Waals surface area contributed by atoms with E-state index in [9.17, 15) is 4.79 Å². The molecule has 20 heavy (non-hydrogen) atoms. The topological polar surface area (TPSA) is 63.0 Å². The van der Waals surface area contributed by atoms with Gasteiger partial charge in [-0.15, -0.1) is 0 Å². The Morgan fingerprint density at radius 3 is 2.85 bits per heavy atom. The fraction of sp³-hybridized carbons (Fsp3) is 0.188. The first-order valence-corrected chi connectivity index (χ1v) is 6.44. The largest absolute Gasteiger partial charge is 0.493 e. The Balaban J connectivity index is 2.30. The van der Waals surface area contributed by atoms with Gasteiger partial charge in [0, 0.05) is 30.1 Å². The van der Waals surface area contributed by atoms with Gasteiger partial charge in [0.2, 0.25) is 0 Å². The van der Waals surface area contributed by atoms with E-state index in [1.807, 2.05) is 19.1 Å². The first-order chi connectivity index (χ1) is 9.76. The molecule has 0 aliphatic heterocycles. The van der Waals surface area contributed by atoms with Crippen LogP contribution in [-0.4, -0.2) is 23.6 Å². The molecule has 1 N–H and O–H groups in total. The molecule has 0 radical (unpaired) electrons. The molecule has 0 atom stereocenters. The fourth-order valence-corrected chi connectivity index (χ4v) is 2.01. The van der Waals surface area contributed by atoms with Crippen LogP contribution in [0.4, 0.5) is 0 Å². The number of nitrogens with one attached hydrogen (secondary N) is 1. The molecule has 0 saturated heterocycles. The van der Waals surface area contributed by atoms with Crippen LogP contribution < -0.4 is 4.74 Å². The summed E-state index contributed by atoms with van der Waals surface area (Å²) in [5, 5.41) is 8.20. The van der Waals surface area contributed by atoms with Gasteiger partial charge in [-0.3, -0.25) is 9.78 Å². The summed E-state index contributed by atoms with van der Waals surface area (Å²) in [5.74, 6) is 0.524. The number of hydrogen-bond donors (Lipinski definition) is 1. The molecule has 0 unspecified atom stereocenters. The second kappa shape index (κ2) is 6.61. The van der Waals surface area contributed by atoms with E-state index in [1.165, 1.54) is 0 Å². The Morgan fingerprint density at radius 1 is 1.35 bits per heavy atom. The van der Waals surface area contributed by atoms with Gasteiger partial charge in [0.25, 0.3) is 0 Å². The predicted octanol–water partition coefficient (Wildman–Crippen LogP) is 2.90. The molecule has 4 nitrogen and oxygen atoms in total. The highest BCUT2D eigenvalue weighted by Gasteiger charge is 2.13. The maximum atomic E-state index is 11.3. The Labute approximate surface area is 117 Å². The highest BCUT2D eigenvalue weighted by Crippen LogP contribution is 2.22. The van der Waals surface area contributed by atoms with Crippen molar-refractivity contribution in [3.63, 3.8) is 0 Å². The van der Waals surface area contributed by atoms with Crippen LogP contribution in [0.5, 0.6) is 5.75 Å². The minimum Gasteiger partial charge on any atom is -0.493 e. The molecular formula is C16H16N2O2. The molecule has 0 aliphatic carbocycles. The molecule has 1 heterocycles. The SMILES string of the molecule is CCOc1cccc(C(=N)Cc2cccnc2)c1C=O. The summed E-state index contributed by atoms with van der Waals surface area (Å²) in [4.78, 5) is 15.3. The van der Waals surface area contributed by atoms with E-state index in [1.54, 1.807) is 30.6 Å². The van der Waals surface area contributed by atoms with Gasteiger partial charge >= 0.3 is 0 Å². The number of aldehydes is 1. The van der Waals surface area contributed by atoms with Gasteiger partial charge in [-0.25, -0.2) is 0 Å². The number of benzene rings is 1. The van der Waals surface area contributed by atoms with Crippen molar-refractivity contribution in [2.45, 2.75) is 13.3 Å². The van der Waals surface area contributed by atoms with Gasteiger partial charge in [0.1, 0.15) is 5.75 Å². The summed E-state index contributed by atoms with van der Waals surface area (Å²) >= 11 is 0. The molecule has 0 aliphatic rings. The summed E-state index contributed by atoms with van der Waals surface area (Å²) in [6.07, 6.45) is 4.60. The molecule has 2 aromatic rings. The van der Waals surface area contributed by atoms with E-state index >= 15 is 0 Å². The Bertz CT molecular complexity index is 609. The molecule has 0 fully saturated rings. The standard InChI is InChI=1S/C16H16N2O2/c1-2-20-16-7-3-6-13(14(16)11-19)15(17)9-12-5-4-8-18-10-12/h3-8,10-11,17H,2,9H2,1H3. The van der Waals surface area contributed by atoms with Gasteiger partial charge in [-0.05, 0) is 24.6 Å². The number of hydrogen-bond acceptors (Lipinski definition) is 4. The lowest BCUT2D eigenvalue weighted by atomic mass is 9.98. The second-order valence-electron chi connectivity index (χ2n) is 4.28. The van der Waals surface area contributed by atoms with E-state index in [-0.39, 0.29) is 0 Å². The Morgan fingerprint density at radius 2 is 2.20 bits per heavy atom. The van der Waals surface area contributed by atoms with Crippen LogP contribution in [0.1, 0.15) is 28.4 Å². The number of ether oxygens (including phenoxy) is 1. The number of rotatable bonds is 6. The van der Waals surface area contributed by atoms with Crippen molar-refractivity contribution in [3.05, 3.63) is 59.4 Å². The van der Waals surface area contributed by atoms with E-state index in [2.05, 4.69) is 4.98 Å². The smallest absolute Gasteiger partial charge is 0.154 e. The molecule has 0 saturated carbocycles. The monoisotopic (exact) mass is 268 g/mol. The molecule has 0 spiro atoms. The zero-order valence-electron chi connectivity index (χ0n) is 11.3. The van der Waals surface area contributed by atoms with Crippen LogP contribution in [0.3, 0.4) is 0 Å². The van der Waals surface area contributed by atoms with Gasteiger partial charge in [0.15, 0.2) is 6.29 Å². The number of aromatic nitrogens is 1.